The predicted molar refractivity (Wildman–Crippen MR) is 143 cm³/mol. The van der Waals surface area contributed by atoms with Crippen LogP contribution < -0.4 is 10.6 Å². The Kier molecular flexibility index (Phi) is 8.05. The van der Waals surface area contributed by atoms with Gasteiger partial charge in [0.25, 0.3) is 11.8 Å². The molecule has 0 aliphatic carbocycles. The summed E-state index contributed by atoms with van der Waals surface area (Å²) in [5.41, 5.74) is 2.70. The Hall–Kier alpha value is -4.50. The standard InChI is InChI=1S/C28H18N4O2S2/c29-17-19-11-13-25(23(15-19)27(33)31-21-7-3-1-4-8-21)35-36-26-14-12-20(18-30)16-24(26)28(34)32-22-9-5-2-6-10-22/h1-16H,(H,31,33)(H,32,34). The Labute approximate surface area is 216 Å². The first-order valence-electron chi connectivity index (χ1n) is 10.7. The molecule has 0 saturated carbocycles. The zero-order chi connectivity index (χ0) is 25.3. The van der Waals surface area contributed by atoms with E-state index in [1.807, 2.05) is 36.4 Å². The Bertz CT molecular complexity index is 1380. The van der Waals surface area contributed by atoms with Crippen LogP contribution >= 0.6 is 21.6 Å². The maximum absolute atomic E-state index is 13.0. The van der Waals surface area contributed by atoms with Crippen molar-refractivity contribution < 1.29 is 9.59 Å². The van der Waals surface area contributed by atoms with E-state index in [1.54, 1.807) is 60.7 Å². The lowest BCUT2D eigenvalue weighted by Gasteiger charge is -2.12. The van der Waals surface area contributed by atoms with Crippen molar-refractivity contribution in [3.05, 3.63) is 119 Å². The fraction of sp³-hybridized carbons (Fsp3) is 0. The first-order valence-corrected chi connectivity index (χ1v) is 12.9. The van der Waals surface area contributed by atoms with Gasteiger partial charge in [0.1, 0.15) is 0 Å². The summed E-state index contributed by atoms with van der Waals surface area (Å²) in [5.74, 6) is -0.688. The van der Waals surface area contributed by atoms with Crippen LogP contribution in [-0.2, 0) is 0 Å². The molecule has 0 radical (unpaired) electrons. The van der Waals surface area contributed by atoms with Gasteiger partial charge >= 0.3 is 0 Å². The van der Waals surface area contributed by atoms with E-state index in [-0.39, 0.29) is 11.8 Å². The minimum atomic E-state index is -0.344. The van der Waals surface area contributed by atoms with Crippen LogP contribution in [0.4, 0.5) is 11.4 Å². The normalized spacial score (nSPS) is 10.1. The van der Waals surface area contributed by atoms with Crippen molar-refractivity contribution in [2.45, 2.75) is 9.79 Å². The summed E-state index contributed by atoms with van der Waals surface area (Å²) < 4.78 is 0. The molecule has 0 bridgehead atoms. The number of amides is 2. The van der Waals surface area contributed by atoms with E-state index in [9.17, 15) is 20.1 Å². The second-order valence-corrected chi connectivity index (χ2v) is 9.67. The quantitative estimate of drug-likeness (QED) is 0.269. The van der Waals surface area contributed by atoms with Crippen LogP contribution in [0.15, 0.2) is 107 Å². The third kappa shape index (κ3) is 6.13. The fourth-order valence-electron chi connectivity index (χ4n) is 3.23. The summed E-state index contributed by atoms with van der Waals surface area (Å²) in [6, 6.07) is 32.0. The number of nitriles is 2. The van der Waals surface area contributed by atoms with Crippen LogP contribution in [0.5, 0.6) is 0 Å². The zero-order valence-electron chi connectivity index (χ0n) is 18.8. The number of carbonyl (C=O) groups excluding carboxylic acids is 2. The average molecular weight is 507 g/mol. The van der Waals surface area contributed by atoms with Crippen LogP contribution in [0.2, 0.25) is 0 Å². The number of hydrogen-bond acceptors (Lipinski definition) is 6. The third-order valence-electron chi connectivity index (χ3n) is 4.99. The summed E-state index contributed by atoms with van der Waals surface area (Å²) in [4.78, 5) is 27.3. The molecule has 4 aromatic rings. The molecule has 0 aromatic heterocycles. The van der Waals surface area contributed by atoms with E-state index in [1.165, 1.54) is 21.6 Å². The maximum atomic E-state index is 13.0. The van der Waals surface area contributed by atoms with Gasteiger partial charge in [-0.15, -0.1) is 0 Å². The van der Waals surface area contributed by atoms with Gasteiger partial charge in [-0.25, -0.2) is 0 Å². The predicted octanol–water partition coefficient (Wildman–Crippen LogP) is 6.73. The van der Waals surface area contributed by atoms with E-state index < -0.39 is 0 Å². The summed E-state index contributed by atoms with van der Waals surface area (Å²) in [6.45, 7) is 0. The van der Waals surface area contributed by atoms with E-state index >= 15 is 0 Å². The van der Waals surface area contributed by atoms with Gasteiger partial charge in [0.15, 0.2) is 0 Å². The molecule has 0 saturated heterocycles. The minimum Gasteiger partial charge on any atom is -0.322 e. The highest BCUT2D eigenvalue weighted by molar-refractivity contribution is 8.76. The van der Waals surface area contributed by atoms with Crippen molar-refractivity contribution in [3.63, 3.8) is 0 Å². The van der Waals surface area contributed by atoms with Crippen molar-refractivity contribution in [1.82, 2.24) is 0 Å². The highest BCUT2D eigenvalue weighted by Crippen LogP contribution is 2.41. The summed E-state index contributed by atoms with van der Waals surface area (Å²) >= 11 is 0. The number of carbonyl (C=O) groups is 2. The number of anilines is 2. The molecule has 4 aromatic carbocycles. The average Bonchev–Trinajstić information content (AvgIpc) is 2.92. The van der Waals surface area contributed by atoms with Crippen molar-refractivity contribution >= 4 is 44.8 Å². The number of hydrogen-bond donors (Lipinski definition) is 2. The van der Waals surface area contributed by atoms with E-state index in [0.29, 0.717) is 43.4 Å². The Morgan fingerprint density at radius 3 is 1.33 bits per heavy atom. The van der Waals surface area contributed by atoms with Crippen LogP contribution in [0.1, 0.15) is 31.8 Å². The molecule has 0 aliphatic rings. The van der Waals surface area contributed by atoms with Gasteiger partial charge in [-0.2, -0.15) is 10.5 Å². The van der Waals surface area contributed by atoms with Crippen LogP contribution in [-0.4, -0.2) is 11.8 Å². The van der Waals surface area contributed by atoms with Crippen molar-refractivity contribution in [2.75, 3.05) is 10.6 Å². The molecule has 0 atom stereocenters. The molecule has 6 nitrogen and oxygen atoms in total. The highest BCUT2D eigenvalue weighted by atomic mass is 33.1. The molecule has 0 aliphatic heterocycles. The number of benzene rings is 4. The molecule has 4 rings (SSSR count). The maximum Gasteiger partial charge on any atom is 0.256 e. The van der Waals surface area contributed by atoms with E-state index in [4.69, 9.17) is 0 Å². The number of rotatable bonds is 7. The first kappa shape index (κ1) is 24.6. The first-order chi connectivity index (χ1) is 17.6. The Morgan fingerprint density at radius 2 is 0.972 bits per heavy atom. The Morgan fingerprint density at radius 1 is 0.583 bits per heavy atom. The zero-order valence-corrected chi connectivity index (χ0v) is 20.4. The lowest BCUT2D eigenvalue weighted by Crippen LogP contribution is -2.13. The van der Waals surface area contributed by atoms with Crippen LogP contribution in [0.25, 0.3) is 0 Å². The molecule has 0 spiro atoms. The summed E-state index contributed by atoms with van der Waals surface area (Å²) in [7, 11) is 2.59. The molecular formula is C28H18N4O2S2. The molecule has 174 valence electrons. The van der Waals surface area contributed by atoms with Gasteiger partial charge in [-0.1, -0.05) is 58.0 Å². The van der Waals surface area contributed by atoms with Crippen molar-refractivity contribution in [1.29, 1.82) is 10.5 Å². The lowest BCUT2D eigenvalue weighted by atomic mass is 10.1. The molecule has 0 unspecified atom stereocenters. The molecule has 0 heterocycles. The molecule has 36 heavy (non-hydrogen) atoms. The topological polar surface area (TPSA) is 106 Å². The van der Waals surface area contributed by atoms with Crippen LogP contribution in [0, 0.1) is 22.7 Å². The molecular weight excluding hydrogens is 488 g/mol. The highest BCUT2D eigenvalue weighted by Gasteiger charge is 2.18. The van der Waals surface area contributed by atoms with Crippen molar-refractivity contribution in [2.24, 2.45) is 0 Å². The molecule has 2 N–H and O–H groups in total. The molecule has 0 fully saturated rings. The third-order valence-corrected chi connectivity index (χ3v) is 7.47. The fourth-order valence-corrected chi connectivity index (χ4v) is 5.55. The van der Waals surface area contributed by atoms with Gasteiger partial charge in [-0.3, -0.25) is 9.59 Å². The lowest BCUT2D eigenvalue weighted by molar-refractivity contribution is 0.101. The SMILES string of the molecule is N#Cc1ccc(SSc2ccc(C#N)cc2C(=O)Nc2ccccc2)c(C(=O)Nc2ccccc2)c1. The van der Waals surface area contributed by atoms with E-state index in [0.717, 1.165) is 0 Å². The van der Waals surface area contributed by atoms with Crippen molar-refractivity contribution in [3.8, 4) is 12.1 Å². The smallest absolute Gasteiger partial charge is 0.256 e. The number of nitrogens with one attached hydrogen (secondary N) is 2. The number of nitrogens with zero attached hydrogens (tertiary/aromatic N) is 2. The second-order valence-electron chi connectivity index (χ2n) is 7.45. The van der Waals surface area contributed by atoms with E-state index in [2.05, 4.69) is 22.8 Å². The number of para-hydroxylation sites is 2. The molecule has 2 amide bonds. The van der Waals surface area contributed by atoms with Gasteiger partial charge in [0.05, 0.1) is 34.4 Å². The largest absolute Gasteiger partial charge is 0.322 e. The van der Waals surface area contributed by atoms with Gasteiger partial charge < -0.3 is 10.6 Å². The van der Waals surface area contributed by atoms with Gasteiger partial charge in [-0.05, 0) is 60.7 Å². The molecule has 8 heteroatoms. The monoisotopic (exact) mass is 506 g/mol. The second kappa shape index (κ2) is 11.8. The van der Waals surface area contributed by atoms with Gasteiger partial charge in [0.2, 0.25) is 0 Å². The Balaban J connectivity index is 1.59. The van der Waals surface area contributed by atoms with Gasteiger partial charge in [0, 0.05) is 21.2 Å². The summed E-state index contributed by atoms with van der Waals surface area (Å²) in [6.07, 6.45) is 0. The minimum absolute atomic E-state index is 0.344. The summed E-state index contributed by atoms with van der Waals surface area (Å²) in [5, 5.41) is 24.4. The van der Waals surface area contributed by atoms with Crippen LogP contribution in [0.3, 0.4) is 0 Å².